The number of hydrogen-bond donors (Lipinski definition) is 0. The van der Waals surface area contributed by atoms with E-state index >= 15 is 0 Å². The summed E-state index contributed by atoms with van der Waals surface area (Å²) in [5.74, 6) is 0. The quantitative estimate of drug-likeness (QED) is 0.616. The Morgan fingerprint density at radius 3 is 2.21 bits per heavy atom. The van der Waals surface area contributed by atoms with E-state index in [-0.39, 0.29) is 0 Å². The zero-order valence-electron chi connectivity index (χ0n) is 10.4. The molecule has 0 heterocycles. The fraction of sp³-hybridized carbons (Fsp3) is 0. The standard InChI is InChI=1S/C18H13S/c1-3-9-15(10-4-1)17-13-7-8-14-18(17)19-16-11-5-2-6-12-16/h1-11,13-14H. The van der Waals surface area contributed by atoms with Crippen LogP contribution >= 0.6 is 11.8 Å². The Kier molecular flexibility index (Phi) is 3.66. The van der Waals surface area contributed by atoms with E-state index in [1.54, 1.807) is 11.8 Å². The molecule has 0 saturated heterocycles. The molecular formula is C18H13S. The van der Waals surface area contributed by atoms with Crippen LogP contribution < -0.4 is 0 Å². The van der Waals surface area contributed by atoms with E-state index in [0.29, 0.717) is 0 Å². The van der Waals surface area contributed by atoms with Crippen molar-refractivity contribution in [2.75, 3.05) is 0 Å². The van der Waals surface area contributed by atoms with Crippen LogP contribution in [0, 0.1) is 6.07 Å². The lowest BCUT2D eigenvalue weighted by atomic mass is 10.1. The molecule has 0 unspecified atom stereocenters. The maximum absolute atomic E-state index is 3.26. The lowest BCUT2D eigenvalue weighted by Gasteiger charge is -2.09. The van der Waals surface area contributed by atoms with E-state index in [1.807, 2.05) is 24.3 Å². The summed E-state index contributed by atoms with van der Waals surface area (Å²) in [6, 6.07) is 30.3. The average Bonchev–Trinajstić information content (AvgIpc) is 2.50. The summed E-state index contributed by atoms with van der Waals surface area (Å²) in [5, 5.41) is 0. The van der Waals surface area contributed by atoms with Gasteiger partial charge in [0.1, 0.15) is 0 Å². The van der Waals surface area contributed by atoms with E-state index in [0.717, 1.165) is 4.90 Å². The molecule has 3 aromatic rings. The van der Waals surface area contributed by atoms with Crippen molar-refractivity contribution in [2.45, 2.75) is 9.79 Å². The topological polar surface area (TPSA) is 0 Å². The molecule has 19 heavy (non-hydrogen) atoms. The summed E-state index contributed by atoms with van der Waals surface area (Å²) in [5.41, 5.74) is 2.52. The van der Waals surface area contributed by atoms with Gasteiger partial charge in [-0.15, -0.1) is 0 Å². The van der Waals surface area contributed by atoms with Crippen molar-refractivity contribution in [3.8, 4) is 11.1 Å². The van der Waals surface area contributed by atoms with Crippen molar-refractivity contribution in [2.24, 2.45) is 0 Å². The van der Waals surface area contributed by atoms with Crippen LogP contribution in [0.15, 0.2) is 88.7 Å². The van der Waals surface area contributed by atoms with Crippen molar-refractivity contribution in [3.63, 3.8) is 0 Å². The first-order valence-electron chi connectivity index (χ1n) is 6.22. The van der Waals surface area contributed by atoms with Crippen LogP contribution in [0.25, 0.3) is 11.1 Å². The molecule has 0 N–H and O–H groups in total. The highest BCUT2D eigenvalue weighted by Crippen LogP contribution is 2.35. The molecule has 0 spiro atoms. The van der Waals surface area contributed by atoms with Gasteiger partial charge in [0.05, 0.1) is 0 Å². The number of benzene rings is 3. The molecule has 0 saturated carbocycles. The molecule has 3 aromatic carbocycles. The maximum atomic E-state index is 3.26. The van der Waals surface area contributed by atoms with Gasteiger partial charge in [0.2, 0.25) is 0 Å². The molecule has 3 rings (SSSR count). The average molecular weight is 261 g/mol. The molecule has 0 fully saturated rings. The van der Waals surface area contributed by atoms with Gasteiger partial charge >= 0.3 is 0 Å². The van der Waals surface area contributed by atoms with Gasteiger partial charge in [-0.3, -0.25) is 0 Å². The van der Waals surface area contributed by atoms with Crippen LogP contribution in [0.1, 0.15) is 0 Å². The minimum absolute atomic E-state index is 1.14. The molecule has 0 nitrogen and oxygen atoms in total. The van der Waals surface area contributed by atoms with E-state index in [2.05, 4.69) is 60.7 Å². The third-order valence-corrected chi connectivity index (χ3v) is 3.92. The summed E-state index contributed by atoms with van der Waals surface area (Å²) >= 11 is 1.75. The van der Waals surface area contributed by atoms with Crippen molar-refractivity contribution < 1.29 is 0 Å². The Bertz CT molecular complexity index is 645. The maximum Gasteiger partial charge on any atom is 0.0201 e. The largest absolute Gasteiger partial charge is 0.0888 e. The van der Waals surface area contributed by atoms with Gasteiger partial charge in [-0.25, -0.2) is 0 Å². The van der Waals surface area contributed by atoms with E-state index in [9.17, 15) is 0 Å². The summed E-state index contributed by atoms with van der Waals surface area (Å²) in [6.07, 6.45) is 0. The van der Waals surface area contributed by atoms with E-state index in [4.69, 9.17) is 0 Å². The smallest absolute Gasteiger partial charge is 0.0201 e. The lowest BCUT2D eigenvalue weighted by Crippen LogP contribution is -1.82. The molecule has 0 aliphatic heterocycles. The monoisotopic (exact) mass is 261 g/mol. The van der Waals surface area contributed by atoms with Crippen LogP contribution in [0.5, 0.6) is 0 Å². The Hall–Kier alpha value is -1.99. The minimum Gasteiger partial charge on any atom is -0.0888 e. The molecule has 0 aliphatic rings. The van der Waals surface area contributed by atoms with Gasteiger partial charge in [0.25, 0.3) is 0 Å². The predicted molar refractivity (Wildman–Crippen MR) is 81.3 cm³/mol. The fourth-order valence-electron chi connectivity index (χ4n) is 1.97. The second-order valence-electron chi connectivity index (χ2n) is 4.19. The van der Waals surface area contributed by atoms with Crippen LogP contribution in [-0.4, -0.2) is 0 Å². The summed E-state index contributed by atoms with van der Waals surface area (Å²) in [6.45, 7) is 0. The van der Waals surface area contributed by atoms with Gasteiger partial charge in [0.15, 0.2) is 0 Å². The summed E-state index contributed by atoms with van der Waals surface area (Å²) < 4.78 is 0. The molecular weight excluding hydrogens is 248 g/mol. The van der Waals surface area contributed by atoms with Gasteiger partial charge in [-0.2, -0.15) is 0 Å². The first kappa shape index (κ1) is 12.1. The zero-order valence-corrected chi connectivity index (χ0v) is 11.2. The van der Waals surface area contributed by atoms with Crippen LogP contribution in [-0.2, 0) is 0 Å². The summed E-state index contributed by atoms with van der Waals surface area (Å²) in [7, 11) is 0. The van der Waals surface area contributed by atoms with Gasteiger partial charge < -0.3 is 0 Å². The molecule has 0 aromatic heterocycles. The highest BCUT2D eigenvalue weighted by atomic mass is 32.2. The normalized spacial score (nSPS) is 10.3. The van der Waals surface area contributed by atoms with Crippen molar-refractivity contribution in [3.05, 3.63) is 84.9 Å². The molecule has 1 heteroatoms. The molecule has 0 bridgehead atoms. The predicted octanol–water partition coefficient (Wildman–Crippen LogP) is 5.30. The molecule has 1 radical (unpaired) electrons. The molecule has 0 aliphatic carbocycles. The third kappa shape index (κ3) is 2.88. The van der Waals surface area contributed by atoms with Gasteiger partial charge in [-0.1, -0.05) is 78.5 Å². The van der Waals surface area contributed by atoms with Crippen molar-refractivity contribution in [1.29, 1.82) is 0 Å². The van der Waals surface area contributed by atoms with Gasteiger partial charge in [-0.05, 0) is 29.3 Å². The third-order valence-electron chi connectivity index (χ3n) is 2.87. The van der Waals surface area contributed by atoms with E-state index in [1.165, 1.54) is 16.0 Å². The van der Waals surface area contributed by atoms with Crippen LogP contribution in [0.3, 0.4) is 0 Å². The number of hydrogen-bond acceptors (Lipinski definition) is 1. The van der Waals surface area contributed by atoms with Crippen molar-refractivity contribution >= 4 is 11.8 Å². The molecule has 0 amide bonds. The minimum atomic E-state index is 1.14. The highest BCUT2D eigenvalue weighted by molar-refractivity contribution is 7.99. The Labute approximate surface area is 118 Å². The zero-order chi connectivity index (χ0) is 12.9. The van der Waals surface area contributed by atoms with Gasteiger partial charge in [0, 0.05) is 9.79 Å². The second kappa shape index (κ2) is 5.77. The SMILES string of the molecule is [c]1ccccc1Sc1ccccc1-c1ccccc1. The highest BCUT2D eigenvalue weighted by Gasteiger charge is 2.05. The first-order valence-corrected chi connectivity index (χ1v) is 7.04. The van der Waals surface area contributed by atoms with Crippen LogP contribution in [0.4, 0.5) is 0 Å². The fourth-order valence-corrected chi connectivity index (χ4v) is 2.92. The second-order valence-corrected chi connectivity index (χ2v) is 5.27. The van der Waals surface area contributed by atoms with Crippen molar-refractivity contribution in [1.82, 2.24) is 0 Å². The Morgan fingerprint density at radius 1 is 0.684 bits per heavy atom. The first-order chi connectivity index (χ1) is 9.43. The van der Waals surface area contributed by atoms with E-state index < -0.39 is 0 Å². The Morgan fingerprint density at radius 2 is 1.42 bits per heavy atom. The number of rotatable bonds is 3. The molecule has 0 atom stereocenters. The summed E-state index contributed by atoms with van der Waals surface area (Å²) in [4.78, 5) is 2.40. The molecule has 91 valence electrons. The lowest BCUT2D eigenvalue weighted by molar-refractivity contribution is 1.39. The van der Waals surface area contributed by atoms with Crippen LogP contribution in [0.2, 0.25) is 0 Å². The Balaban J connectivity index is 1.99.